The highest BCUT2D eigenvalue weighted by Crippen LogP contribution is 2.37. The molecule has 17 heteroatoms. The molecule has 0 unspecified atom stereocenters. The molecule has 69 heavy (non-hydrogen) atoms. The fourth-order valence-electron chi connectivity index (χ4n) is 9.55. The minimum absolute atomic E-state index is 0.176. The molecular formula is C52H64N14O3. The van der Waals surface area contributed by atoms with E-state index in [-0.39, 0.29) is 6.02 Å². The Morgan fingerprint density at radius 2 is 1.19 bits per heavy atom. The SMILES string of the molecule is NNc1ccccn1.Nc1nc(Nc2ccc(C3CCC(N4CCOCC4)CC3)cc2)nn1-c1ccccn1.[C-]#[N+]/N=C(/Nc1ccc(C2CCC(N3CCOCC3)CC2)cc1)Oc1ccccc1. The molecule has 17 nitrogen and oxygen atoms in total. The number of morpholine rings is 2. The molecule has 3 aromatic carbocycles. The Labute approximate surface area is 405 Å². The number of benzene rings is 3. The van der Waals surface area contributed by atoms with Gasteiger partial charge in [0.05, 0.1) is 26.4 Å². The zero-order valence-electron chi connectivity index (χ0n) is 39.2. The summed E-state index contributed by atoms with van der Waals surface area (Å²) < 4.78 is 18.2. The van der Waals surface area contributed by atoms with Crippen molar-refractivity contribution in [3.8, 4) is 11.6 Å². The van der Waals surface area contributed by atoms with Crippen LogP contribution >= 0.6 is 0 Å². The lowest BCUT2D eigenvalue weighted by molar-refractivity contribution is 0.00727. The third-order valence-corrected chi connectivity index (χ3v) is 13.2. The van der Waals surface area contributed by atoms with Gasteiger partial charge in [-0.1, -0.05) is 54.6 Å². The van der Waals surface area contributed by atoms with E-state index in [9.17, 15) is 0 Å². The van der Waals surface area contributed by atoms with Gasteiger partial charge in [-0.2, -0.15) is 16.2 Å². The number of nitrogens with two attached hydrogens (primary N) is 2. The molecule has 0 spiro atoms. The Morgan fingerprint density at radius 3 is 1.68 bits per heavy atom. The Bertz CT molecular complexity index is 2480. The lowest BCUT2D eigenvalue weighted by Crippen LogP contribution is -2.44. The van der Waals surface area contributed by atoms with Gasteiger partial charge in [-0.25, -0.2) is 15.8 Å². The van der Waals surface area contributed by atoms with Crippen LogP contribution in [0, 0.1) is 6.57 Å². The second-order valence-electron chi connectivity index (χ2n) is 17.5. The number of hydrogen-bond acceptors (Lipinski definition) is 14. The summed E-state index contributed by atoms with van der Waals surface area (Å²) in [7, 11) is 0. The van der Waals surface area contributed by atoms with Gasteiger partial charge >= 0.3 is 6.02 Å². The lowest BCUT2D eigenvalue weighted by Gasteiger charge is -2.38. The molecule has 0 radical (unpaired) electrons. The first-order valence-electron chi connectivity index (χ1n) is 24.1. The highest BCUT2D eigenvalue weighted by molar-refractivity contribution is 5.90. The number of rotatable bonds is 10. The highest BCUT2D eigenvalue weighted by atomic mass is 16.5. The van der Waals surface area contributed by atoms with Gasteiger partial charge in [-0.15, -0.1) is 10.1 Å². The number of nitrogen functional groups attached to an aromatic ring is 2. The van der Waals surface area contributed by atoms with E-state index < -0.39 is 0 Å². The van der Waals surface area contributed by atoms with E-state index in [1.807, 2.05) is 72.8 Å². The van der Waals surface area contributed by atoms with Crippen LogP contribution in [0.1, 0.15) is 74.3 Å². The van der Waals surface area contributed by atoms with E-state index in [1.54, 1.807) is 18.5 Å². The molecule has 0 atom stereocenters. The minimum Gasteiger partial charge on any atom is -0.421 e. The van der Waals surface area contributed by atoms with Crippen LogP contribution in [-0.2, 0) is 9.47 Å². The molecule has 10 rings (SSSR count). The van der Waals surface area contributed by atoms with Gasteiger partial charge in [0.2, 0.25) is 11.9 Å². The fourth-order valence-corrected chi connectivity index (χ4v) is 9.55. The molecule has 4 aliphatic rings. The summed E-state index contributed by atoms with van der Waals surface area (Å²) in [6, 6.07) is 39.1. The van der Waals surface area contributed by atoms with Gasteiger partial charge in [0.1, 0.15) is 16.7 Å². The average molecular weight is 933 g/mol. The summed E-state index contributed by atoms with van der Waals surface area (Å²) in [5.74, 6) is 9.03. The Hall–Kier alpha value is -6.94. The van der Waals surface area contributed by atoms with Gasteiger partial charge in [0.15, 0.2) is 5.82 Å². The number of nitrogens with one attached hydrogen (secondary N) is 3. The van der Waals surface area contributed by atoms with Crippen molar-refractivity contribution < 1.29 is 14.2 Å². The third-order valence-electron chi connectivity index (χ3n) is 13.2. The monoisotopic (exact) mass is 933 g/mol. The van der Waals surface area contributed by atoms with E-state index in [0.29, 0.717) is 47.2 Å². The number of aromatic nitrogens is 5. The van der Waals surface area contributed by atoms with E-state index in [0.717, 1.165) is 70.0 Å². The minimum atomic E-state index is 0.176. The molecule has 360 valence electrons. The van der Waals surface area contributed by atoms with Gasteiger partial charge in [0, 0.05) is 62.0 Å². The molecular weight excluding hydrogens is 869 g/mol. The lowest BCUT2D eigenvalue weighted by atomic mass is 9.81. The number of amidine groups is 1. The molecule has 3 aromatic heterocycles. The summed E-state index contributed by atoms with van der Waals surface area (Å²) in [6.45, 7) is 14.9. The molecule has 2 saturated carbocycles. The van der Waals surface area contributed by atoms with Crippen molar-refractivity contribution in [2.45, 2.75) is 75.3 Å². The normalized spacial score (nSPS) is 21.0. The van der Waals surface area contributed by atoms with Gasteiger partial charge < -0.3 is 36.0 Å². The van der Waals surface area contributed by atoms with Gasteiger partial charge in [-0.3, -0.25) is 9.80 Å². The first kappa shape index (κ1) is 48.5. The van der Waals surface area contributed by atoms with Crippen molar-refractivity contribution in [2.75, 3.05) is 74.4 Å². The molecule has 2 saturated heterocycles. The third kappa shape index (κ3) is 14.3. The Kier molecular flexibility index (Phi) is 17.9. The number of nitrogens with zero attached hydrogens (tertiary/aromatic N) is 9. The predicted octanol–water partition coefficient (Wildman–Crippen LogP) is 8.44. The van der Waals surface area contributed by atoms with Crippen molar-refractivity contribution in [2.24, 2.45) is 10.9 Å². The van der Waals surface area contributed by atoms with Crippen LogP contribution in [0.5, 0.6) is 5.75 Å². The number of para-hydroxylation sites is 1. The quantitative estimate of drug-likeness (QED) is 0.0289. The van der Waals surface area contributed by atoms with Crippen LogP contribution in [0.15, 0.2) is 133 Å². The maximum atomic E-state index is 7.03. The number of hydrogen-bond donors (Lipinski definition) is 5. The topological polar surface area (TPSA) is 196 Å². The van der Waals surface area contributed by atoms with Crippen LogP contribution in [0.3, 0.4) is 0 Å². The summed E-state index contributed by atoms with van der Waals surface area (Å²) in [6.07, 6.45) is 13.4. The molecule has 2 aliphatic heterocycles. The summed E-state index contributed by atoms with van der Waals surface area (Å²) in [5, 5.41) is 14.5. The van der Waals surface area contributed by atoms with Crippen LogP contribution in [0.4, 0.5) is 29.1 Å². The smallest absolute Gasteiger partial charge is 0.378 e. The number of hydrazine groups is 1. The molecule has 2 aliphatic carbocycles. The van der Waals surface area contributed by atoms with Gasteiger partial charge in [-0.05, 0) is 135 Å². The van der Waals surface area contributed by atoms with Crippen molar-refractivity contribution >= 4 is 35.1 Å². The predicted molar refractivity (Wildman–Crippen MR) is 271 cm³/mol. The second kappa shape index (κ2) is 25.4. The van der Waals surface area contributed by atoms with Crippen LogP contribution in [-0.4, -0.2) is 105 Å². The van der Waals surface area contributed by atoms with Crippen molar-refractivity contribution in [3.05, 3.63) is 150 Å². The molecule has 5 heterocycles. The molecule has 6 aromatic rings. The number of pyridine rings is 2. The van der Waals surface area contributed by atoms with Crippen molar-refractivity contribution in [3.63, 3.8) is 0 Å². The molecule has 4 fully saturated rings. The van der Waals surface area contributed by atoms with E-state index >= 15 is 0 Å². The van der Waals surface area contributed by atoms with Gasteiger partial charge in [0.25, 0.3) is 0 Å². The maximum Gasteiger partial charge on any atom is 0.378 e. The second-order valence-corrected chi connectivity index (χ2v) is 17.5. The van der Waals surface area contributed by atoms with E-state index in [4.69, 9.17) is 32.4 Å². The first-order chi connectivity index (χ1) is 34.0. The largest absolute Gasteiger partial charge is 0.421 e. The molecule has 0 amide bonds. The van der Waals surface area contributed by atoms with Crippen LogP contribution in [0.25, 0.3) is 10.8 Å². The van der Waals surface area contributed by atoms with E-state index in [2.05, 4.69) is 92.4 Å². The van der Waals surface area contributed by atoms with E-state index in [1.165, 1.54) is 67.2 Å². The average Bonchev–Trinajstić information content (AvgIpc) is 3.80. The zero-order chi connectivity index (χ0) is 47.5. The number of anilines is 5. The number of ether oxygens (including phenoxy) is 3. The van der Waals surface area contributed by atoms with Crippen LogP contribution < -0.4 is 32.4 Å². The fraction of sp³-hybridized carbons (Fsp3) is 0.385. The standard InChI is InChI=1S/C24H28N4O2.C23H29N7O.C5H7N3/c1-25-27-24(30-23-5-3-2-4-6-23)26-21-11-7-19(8-12-21)20-9-13-22(14-10-20)28-15-17-29-18-16-28;24-22-27-23(28-30(22)21-3-1-2-12-25-21)26-19-8-4-17(5-9-19)18-6-10-20(11-7-18)29-13-15-31-16-14-29;6-8-5-3-1-2-4-7-5/h2-8,11-12,20,22H,9-10,13-18H2,(H,26,27);1-5,8-9,12,18,20H,6-7,10-11,13-16H2,(H3,24,26,27,28);1-4H,6H2,(H,7,8). The molecule has 7 N–H and O–H groups in total. The summed E-state index contributed by atoms with van der Waals surface area (Å²) >= 11 is 0. The van der Waals surface area contributed by atoms with Crippen molar-refractivity contribution in [1.29, 1.82) is 0 Å². The zero-order valence-corrected chi connectivity index (χ0v) is 39.2. The van der Waals surface area contributed by atoms with Crippen LogP contribution in [0.2, 0.25) is 0 Å². The first-order valence-corrected chi connectivity index (χ1v) is 24.1. The Morgan fingerprint density at radius 1 is 0.652 bits per heavy atom. The summed E-state index contributed by atoms with van der Waals surface area (Å²) in [5.41, 5.74) is 13.0. The maximum absolute atomic E-state index is 7.03. The molecule has 0 bridgehead atoms. The summed E-state index contributed by atoms with van der Waals surface area (Å²) in [4.78, 5) is 20.8. The Balaban J connectivity index is 0.000000160. The highest BCUT2D eigenvalue weighted by Gasteiger charge is 2.29. The van der Waals surface area contributed by atoms with Crippen molar-refractivity contribution in [1.82, 2.24) is 34.5 Å².